The molecule has 504 valence electrons. The maximum absolute atomic E-state index is 13.0. The molecule has 0 unspecified atom stereocenters. The molecule has 8 aliphatic rings. The number of isocyanates is 1. The van der Waals surface area contributed by atoms with Gasteiger partial charge in [-0.15, -0.1) is 22.7 Å². The predicted octanol–water partition coefficient (Wildman–Crippen LogP) is 15.8. The molecule has 8 fully saturated rings. The molecule has 2 heterocycles. The van der Waals surface area contributed by atoms with Crippen molar-refractivity contribution in [2.75, 3.05) is 12.3 Å². The van der Waals surface area contributed by atoms with E-state index in [4.69, 9.17) is 6.47 Å². The Balaban J connectivity index is 0.000000271. The summed E-state index contributed by atoms with van der Waals surface area (Å²) in [4.78, 5) is 29.2. The molecule has 0 aromatic carbocycles. The molecule has 0 bridgehead atoms. The van der Waals surface area contributed by atoms with Crippen LogP contribution in [0.15, 0.2) is 37.7 Å². The molecular formula is C72H121BN2O9S4U. The van der Waals surface area contributed by atoms with E-state index in [2.05, 4.69) is 96.5 Å². The zero-order valence-electron chi connectivity index (χ0n) is 57.8. The topological polar surface area (TPSA) is 201 Å². The van der Waals surface area contributed by atoms with Crippen LogP contribution in [0.25, 0.3) is 0 Å². The molecule has 22 atom stereocenters. The molecule has 5 N–H and O–H groups in total. The minimum atomic E-state index is -3.60. The molecule has 0 aliphatic heterocycles. The molecule has 17 heteroatoms. The molecule has 10 rings (SSSR count). The minimum Gasteiger partial charge on any atom is -0.393 e. The van der Waals surface area contributed by atoms with Crippen molar-refractivity contribution in [3.05, 3.63) is 34.0 Å². The van der Waals surface area contributed by atoms with E-state index in [1.165, 1.54) is 93.3 Å². The van der Waals surface area contributed by atoms with Gasteiger partial charge in [0.15, 0.2) is 9.84 Å². The number of nitrogens with two attached hydrogens (primary N) is 1. The molecule has 8 saturated carbocycles. The standard InChI is InChI=1S/C36H58O5S2.C27H45NO2.C8H13NO2S2.CH4.BH.U/c1-8-25-29-20-23(37)16-18-36(29,7)28-17-19-35(6)26(12-13-27(35)32(28)33(25)39)22(2)10-9-11-24(38)21-43(40,41)31-15-14-30(42-31)34(3,4)5;1-6-19-23-15-17(2)9-12-27(23,5)22-10-13-26(4)20(18(3)11-14-28-16-29)7-8-21(26)24(22)25(19)30;1-8(2,3)6-4-5-7(12-6)13(9,10)11;;;/h14-15,22-23,25-29,32-33,37,39H,8-13,16-21H2,1-7H3;17-25,30H,6-15H2,1-5H3;4-5H,1-3H3,(H2,9,10,11);1H4;1H;/t22-,23-,25-,26-,27+,28+,29+,32+,33-,35-,36-;17-,18-,19-,20-,21+,22+,23+,24+,25-,26-,27-;;;;/m11..../s1/i;;;;1D;. The normalized spacial score (nSPS) is 38.8. The Morgan fingerprint density at radius 3 is 1.54 bits per heavy atom. The largest absolute Gasteiger partial charge is 0.393 e. The van der Waals surface area contributed by atoms with Gasteiger partial charge in [-0.25, -0.2) is 31.8 Å². The molecule has 89 heavy (non-hydrogen) atoms. The number of fused-ring (bicyclic) bond motifs is 10. The number of primary sulfonamides is 1. The molecule has 2 aromatic heterocycles. The van der Waals surface area contributed by atoms with Crippen LogP contribution in [0.2, 0.25) is 0 Å². The number of aliphatic hydroxyl groups excluding tert-OH is 3. The number of nitrogens with zero attached hydrogens (tertiary/aromatic N) is 1. The summed E-state index contributed by atoms with van der Waals surface area (Å²) in [5.41, 5.74) is 1.06. The van der Waals surface area contributed by atoms with Crippen molar-refractivity contribution in [2.45, 2.75) is 277 Å². The third kappa shape index (κ3) is 16.0. The number of thiophene rings is 2. The van der Waals surface area contributed by atoms with Gasteiger partial charge in [-0.1, -0.05) is 137 Å². The Labute approximate surface area is 576 Å². The maximum Gasteiger partial charge on any atom is 0.247 e. The van der Waals surface area contributed by atoms with Crippen molar-refractivity contribution in [3.63, 3.8) is 0 Å². The Kier molecular flexibility index (Phi) is 26.4. The first-order valence-electron chi connectivity index (χ1n) is 34.6. The van der Waals surface area contributed by atoms with Crippen molar-refractivity contribution >= 4 is 62.8 Å². The number of hydrogen-bond acceptors (Lipinski definition) is 12. The van der Waals surface area contributed by atoms with E-state index in [0.29, 0.717) is 105 Å². The van der Waals surface area contributed by atoms with E-state index in [1.54, 1.807) is 18.2 Å². The number of sulfonamides is 1. The van der Waals surface area contributed by atoms with E-state index in [-0.39, 0.29) is 94.4 Å². The monoisotopic (exact) mass is 1540 g/mol. The summed E-state index contributed by atoms with van der Waals surface area (Å²) in [6.45, 7) is 34.8. The van der Waals surface area contributed by atoms with Crippen LogP contribution in [0.4, 0.5) is 0 Å². The van der Waals surface area contributed by atoms with Crippen LogP contribution in [0, 0.1) is 142 Å². The number of aliphatic hydroxyl groups is 3. The Morgan fingerprint density at radius 1 is 0.674 bits per heavy atom. The van der Waals surface area contributed by atoms with Gasteiger partial charge >= 0.3 is 0 Å². The summed E-state index contributed by atoms with van der Waals surface area (Å²) < 4.78 is 53.6. The Morgan fingerprint density at radius 2 is 1.10 bits per heavy atom. The summed E-state index contributed by atoms with van der Waals surface area (Å²) >= 11 is 2.52. The second-order valence-corrected chi connectivity index (χ2v) is 39.1. The molecule has 8 aliphatic carbocycles. The van der Waals surface area contributed by atoms with Gasteiger partial charge in [-0.3, -0.25) is 4.79 Å². The Bertz CT molecular complexity index is 2940. The zero-order valence-corrected chi connectivity index (χ0v) is 64.2. The van der Waals surface area contributed by atoms with Crippen molar-refractivity contribution in [1.29, 1.82) is 1.34 Å². The minimum absolute atomic E-state index is 0. The van der Waals surface area contributed by atoms with Crippen molar-refractivity contribution in [2.24, 2.45) is 121 Å². The van der Waals surface area contributed by atoms with Crippen LogP contribution in [-0.4, -0.2) is 84.3 Å². The van der Waals surface area contributed by atoms with Crippen molar-refractivity contribution in [3.8, 4) is 0 Å². The smallest absolute Gasteiger partial charge is 0.247 e. The first kappa shape index (κ1) is 77.3. The number of sulfone groups is 1. The first-order valence-corrected chi connectivity index (χ1v) is 38.9. The fraction of sp³-hybridized carbons (Fsp3) is 0.861. The molecule has 0 spiro atoms. The summed E-state index contributed by atoms with van der Waals surface area (Å²) in [6.07, 6.45) is 23.1. The second-order valence-electron chi connectivity index (χ2n) is 32.9. The van der Waals surface area contributed by atoms with Gasteiger partial charge in [-0.05, 0) is 243 Å². The van der Waals surface area contributed by atoms with Crippen LogP contribution in [0.3, 0.4) is 0 Å². The van der Waals surface area contributed by atoms with Crippen LogP contribution in [-0.2, 0) is 40.3 Å². The quantitative estimate of drug-likeness (QED) is 0.0760. The third-order valence-corrected chi connectivity index (χ3v) is 32.8. The fourth-order valence-corrected chi connectivity index (χ4v) is 26.1. The number of carbonyl (C=O) groups excluding carboxylic acids is 2. The van der Waals surface area contributed by atoms with E-state index in [1.807, 2.05) is 32.9 Å². The Hall–Kier alpha value is -0.693. The van der Waals surface area contributed by atoms with Gasteiger partial charge in [0, 0.05) is 55.7 Å². The summed E-state index contributed by atoms with van der Waals surface area (Å²) in [7, 11) is -3.37. The van der Waals surface area contributed by atoms with E-state index in [9.17, 15) is 41.7 Å². The summed E-state index contributed by atoms with van der Waals surface area (Å²) in [5.74, 6) is 7.76. The molecular weight excluding hydrogens is 1410 g/mol. The van der Waals surface area contributed by atoms with Crippen LogP contribution in [0.1, 0.15) is 249 Å². The van der Waals surface area contributed by atoms with Gasteiger partial charge in [-0.2, -0.15) is 0 Å². The van der Waals surface area contributed by atoms with Gasteiger partial charge < -0.3 is 15.3 Å². The van der Waals surface area contributed by atoms with Crippen molar-refractivity contribution in [1.82, 2.24) is 0 Å². The zero-order chi connectivity index (χ0) is 65.5. The summed E-state index contributed by atoms with van der Waals surface area (Å²) in [6, 6.07) is 6.90. The second kappa shape index (κ2) is 30.4. The van der Waals surface area contributed by atoms with E-state index < -0.39 is 25.6 Å². The van der Waals surface area contributed by atoms with Crippen LogP contribution in [0.5, 0.6) is 0 Å². The maximum atomic E-state index is 13.0. The van der Waals surface area contributed by atoms with Gasteiger partial charge in [0.1, 0.15) is 20.0 Å². The van der Waals surface area contributed by atoms with E-state index >= 15 is 0 Å². The number of ketones is 1. The molecule has 0 amide bonds. The van der Waals surface area contributed by atoms with E-state index in [0.717, 1.165) is 67.0 Å². The molecule has 0 saturated heterocycles. The molecule has 11 nitrogen and oxygen atoms in total. The van der Waals surface area contributed by atoms with Gasteiger partial charge in [0.05, 0.1) is 24.9 Å². The number of aliphatic imine (C=N–C) groups is 1. The number of rotatable bonds is 15. The average Bonchev–Trinajstić information content (AvgIpc) is 1.21. The molecule has 2 aromatic rings. The average molecular weight is 1540 g/mol. The predicted molar refractivity (Wildman–Crippen MR) is 365 cm³/mol. The third-order valence-electron chi connectivity index (χ3n) is 26.0. The van der Waals surface area contributed by atoms with Crippen LogP contribution < -0.4 is 5.14 Å². The number of carbonyl (C=O) groups is 1. The SMILES string of the molecule is C.CC(C)(C)c1ccc(S(N)(=O)=O)s1.CC[C@H]1[C@@H](O)[C@@H]2[C@H](CC[C@]3(C)[C@@H]([C@H](C)CCCC(=O)CS(=O)(=O)c4ccc(C(C)(C)C)s4)CC[C@@H]23)[C@@]2(C)CC[C@@H](O)C[C@@H]12.CC[C@H]1[C@@H](O)[C@@H]2[C@H](CC[C@]3(C)[C@@H]([C@H](C)CCN=C=O)CC[C@@H]23)[C@@]2(C)CC[C@@H](C)C[C@@H]12.[2H][B].[U]. The number of hydrogen-bond donors (Lipinski definition) is 4. The molecule has 2 radical (unpaired) electrons. The fourth-order valence-electron chi connectivity index (χ4n) is 21.5. The number of Topliss-reactive ketones (excluding diaryl/α,β-unsaturated/α-hetero) is 1. The first-order chi connectivity index (χ1) is 41.0. The van der Waals surface area contributed by atoms with Gasteiger partial charge in [0.25, 0.3) is 0 Å². The van der Waals surface area contributed by atoms with Crippen molar-refractivity contribution < 1.29 is 72.9 Å². The van der Waals surface area contributed by atoms with Gasteiger partial charge in [0.2, 0.25) is 16.1 Å². The van der Waals surface area contributed by atoms with Crippen LogP contribution >= 0.6 is 22.7 Å². The summed E-state index contributed by atoms with van der Waals surface area (Å²) in [5, 5.41) is 39.3.